The quantitative estimate of drug-likeness (QED) is 0.773. The highest BCUT2D eigenvalue weighted by atomic mass is 32.2. The second-order valence-corrected chi connectivity index (χ2v) is 6.55. The zero-order chi connectivity index (χ0) is 13.7. The highest BCUT2D eigenvalue weighted by molar-refractivity contribution is 7.98. The lowest BCUT2D eigenvalue weighted by molar-refractivity contribution is -0.132. The number of amides is 1. The Morgan fingerprint density at radius 2 is 2.06 bits per heavy atom. The molecule has 1 rings (SSSR count). The van der Waals surface area contributed by atoms with Crippen molar-refractivity contribution < 1.29 is 4.79 Å². The first kappa shape index (κ1) is 15.8. The van der Waals surface area contributed by atoms with Gasteiger partial charge in [-0.25, -0.2) is 0 Å². The molecule has 3 unspecified atom stereocenters. The zero-order valence-corrected chi connectivity index (χ0v) is 13.2. The van der Waals surface area contributed by atoms with Gasteiger partial charge in [0.2, 0.25) is 5.91 Å². The van der Waals surface area contributed by atoms with E-state index in [2.05, 4.69) is 44.2 Å². The molecule has 1 amide bonds. The Morgan fingerprint density at radius 1 is 1.39 bits per heavy atom. The average Bonchev–Trinajstić information content (AvgIpc) is 2.64. The maximum Gasteiger partial charge on any atom is 0.241 e. The summed E-state index contributed by atoms with van der Waals surface area (Å²) >= 11 is 1.85. The van der Waals surface area contributed by atoms with Crippen LogP contribution in [0.15, 0.2) is 0 Å². The minimum Gasteiger partial charge on any atom is -0.323 e. The molecule has 0 aromatic heterocycles. The SMILES string of the molecule is CCCC1NC(C(C)C)C(=O)N1C(C)CCSC. The Labute approximate surface area is 116 Å². The van der Waals surface area contributed by atoms with Crippen molar-refractivity contribution in [2.75, 3.05) is 12.0 Å². The van der Waals surface area contributed by atoms with Crippen molar-refractivity contribution in [1.29, 1.82) is 0 Å². The monoisotopic (exact) mass is 272 g/mol. The summed E-state index contributed by atoms with van der Waals surface area (Å²) in [6, 6.07) is 0.357. The molecule has 1 heterocycles. The summed E-state index contributed by atoms with van der Waals surface area (Å²) in [7, 11) is 0. The summed E-state index contributed by atoms with van der Waals surface area (Å²) in [4.78, 5) is 14.6. The van der Waals surface area contributed by atoms with E-state index in [4.69, 9.17) is 0 Å². The highest BCUT2D eigenvalue weighted by Gasteiger charge is 2.41. The van der Waals surface area contributed by atoms with Crippen LogP contribution in [0.2, 0.25) is 0 Å². The Hall–Kier alpha value is -0.220. The number of nitrogens with one attached hydrogen (secondary N) is 1. The summed E-state index contributed by atoms with van der Waals surface area (Å²) in [5.41, 5.74) is 0. The number of rotatable bonds is 7. The van der Waals surface area contributed by atoms with E-state index in [9.17, 15) is 4.79 Å². The Morgan fingerprint density at radius 3 is 2.56 bits per heavy atom. The fraction of sp³-hybridized carbons (Fsp3) is 0.929. The van der Waals surface area contributed by atoms with E-state index in [-0.39, 0.29) is 12.2 Å². The molecule has 106 valence electrons. The van der Waals surface area contributed by atoms with Crippen molar-refractivity contribution in [1.82, 2.24) is 10.2 Å². The highest BCUT2D eigenvalue weighted by Crippen LogP contribution is 2.23. The predicted octanol–water partition coefficient (Wildman–Crippen LogP) is 2.71. The summed E-state index contributed by atoms with van der Waals surface area (Å²) in [6.45, 7) is 8.60. The van der Waals surface area contributed by atoms with Crippen molar-refractivity contribution in [2.45, 2.75) is 65.2 Å². The van der Waals surface area contributed by atoms with Crippen molar-refractivity contribution >= 4 is 17.7 Å². The fourth-order valence-corrected chi connectivity index (χ4v) is 3.18. The van der Waals surface area contributed by atoms with Crippen LogP contribution >= 0.6 is 11.8 Å². The van der Waals surface area contributed by atoms with E-state index >= 15 is 0 Å². The third-order valence-electron chi connectivity index (χ3n) is 3.67. The van der Waals surface area contributed by atoms with Gasteiger partial charge in [-0.1, -0.05) is 27.2 Å². The van der Waals surface area contributed by atoms with Crippen LogP contribution in [-0.4, -0.2) is 41.1 Å². The first-order chi connectivity index (χ1) is 8.52. The smallest absolute Gasteiger partial charge is 0.241 e. The third kappa shape index (κ3) is 3.64. The van der Waals surface area contributed by atoms with Crippen molar-refractivity contribution in [3.8, 4) is 0 Å². The minimum absolute atomic E-state index is 0.0123. The zero-order valence-electron chi connectivity index (χ0n) is 12.4. The van der Waals surface area contributed by atoms with Crippen LogP contribution in [0.3, 0.4) is 0 Å². The minimum atomic E-state index is 0.0123. The number of nitrogens with zero attached hydrogens (tertiary/aromatic N) is 1. The van der Waals surface area contributed by atoms with Crippen LogP contribution < -0.4 is 5.32 Å². The van der Waals surface area contributed by atoms with E-state index in [1.807, 2.05) is 11.8 Å². The molecule has 3 atom stereocenters. The molecule has 4 heteroatoms. The molecule has 1 fully saturated rings. The maximum atomic E-state index is 12.5. The maximum absolute atomic E-state index is 12.5. The van der Waals surface area contributed by atoms with E-state index < -0.39 is 0 Å². The van der Waals surface area contributed by atoms with Gasteiger partial charge in [0.25, 0.3) is 0 Å². The normalized spacial score (nSPS) is 26.1. The molecular formula is C14H28N2OS. The molecule has 0 aromatic rings. The molecule has 1 aliphatic rings. The molecule has 0 bridgehead atoms. The predicted molar refractivity (Wildman–Crippen MR) is 79.8 cm³/mol. The Balaban J connectivity index is 2.73. The molecule has 1 saturated heterocycles. The van der Waals surface area contributed by atoms with Gasteiger partial charge in [0.15, 0.2) is 0 Å². The van der Waals surface area contributed by atoms with E-state index in [1.165, 1.54) is 0 Å². The molecule has 3 nitrogen and oxygen atoms in total. The standard InChI is InChI=1S/C14H28N2OS/c1-6-7-12-15-13(10(2)3)14(17)16(12)11(4)8-9-18-5/h10-13,15H,6-9H2,1-5H3. The number of carbonyl (C=O) groups is 1. The fourth-order valence-electron chi connectivity index (χ4n) is 2.60. The number of carbonyl (C=O) groups excluding carboxylic acids is 1. The Kier molecular flexibility index (Phi) is 6.50. The lowest BCUT2D eigenvalue weighted by atomic mass is 10.0. The van der Waals surface area contributed by atoms with Crippen molar-refractivity contribution in [3.63, 3.8) is 0 Å². The molecule has 0 aliphatic carbocycles. The Bertz CT molecular complexity index is 271. The van der Waals surface area contributed by atoms with Crippen molar-refractivity contribution in [3.05, 3.63) is 0 Å². The topological polar surface area (TPSA) is 32.3 Å². The molecule has 18 heavy (non-hydrogen) atoms. The summed E-state index contributed by atoms with van der Waals surface area (Å²) in [5.74, 6) is 1.79. The van der Waals surface area contributed by atoms with Gasteiger partial charge in [0, 0.05) is 6.04 Å². The first-order valence-electron chi connectivity index (χ1n) is 7.10. The van der Waals surface area contributed by atoms with E-state index in [0.717, 1.165) is 25.0 Å². The lowest BCUT2D eigenvalue weighted by Crippen LogP contribution is -2.43. The van der Waals surface area contributed by atoms with Gasteiger partial charge >= 0.3 is 0 Å². The van der Waals surface area contributed by atoms with Gasteiger partial charge in [-0.15, -0.1) is 0 Å². The summed E-state index contributed by atoms with van der Waals surface area (Å²) in [5, 5.41) is 3.52. The van der Waals surface area contributed by atoms with Crippen LogP contribution in [0.5, 0.6) is 0 Å². The third-order valence-corrected chi connectivity index (χ3v) is 4.32. The molecule has 0 spiro atoms. The molecule has 1 aliphatic heterocycles. The number of thioether (sulfide) groups is 1. The van der Waals surface area contributed by atoms with Crippen LogP contribution in [-0.2, 0) is 4.79 Å². The molecule has 0 radical (unpaired) electrons. The van der Waals surface area contributed by atoms with E-state index in [1.54, 1.807) is 0 Å². The molecule has 0 aromatic carbocycles. The van der Waals surface area contributed by atoms with Gasteiger partial charge in [-0.3, -0.25) is 10.1 Å². The second-order valence-electron chi connectivity index (χ2n) is 5.57. The summed E-state index contributed by atoms with van der Waals surface area (Å²) in [6.07, 6.45) is 5.61. The van der Waals surface area contributed by atoms with Gasteiger partial charge in [-0.2, -0.15) is 11.8 Å². The largest absolute Gasteiger partial charge is 0.323 e. The number of hydrogen-bond donors (Lipinski definition) is 1. The lowest BCUT2D eigenvalue weighted by Gasteiger charge is -2.30. The average molecular weight is 272 g/mol. The van der Waals surface area contributed by atoms with Crippen LogP contribution in [0.1, 0.15) is 47.0 Å². The molecule has 1 N–H and O–H groups in total. The molecule has 0 saturated carbocycles. The van der Waals surface area contributed by atoms with Crippen LogP contribution in [0, 0.1) is 5.92 Å². The van der Waals surface area contributed by atoms with Gasteiger partial charge in [-0.05, 0) is 37.7 Å². The first-order valence-corrected chi connectivity index (χ1v) is 8.49. The van der Waals surface area contributed by atoms with Crippen LogP contribution in [0.25, 0.3) is 0 Å². The van der Waals surface area contributed by atoms with E-state index in [0.29, 0.717) is 17.9 Å². The molecular weight excluding hydrogens is 244 g/mol. The van der Waals surface area contributed by atoms with Crippen LogP contribution in [0.4, 0.5) is 0 Å². The summed E-state index contributed by atoms with van der Waals surface area (Å²) < 4.78 is 0. The van der Waals surface area contributed by atoms with Gasteiger partial charge < -0.3 is 4.90 Å². The van der Waals surface area contributed by atoms with Crippen molar-refractivity contribution in [2.24, 2.45) is 5.92 Å². The number of hydrogen-bond acceptors (Lipinski definition) is 3. The second kappa shape index (κ2) is 7.39. The van der Waals surface area contributed by atoms with Gasteiger partial charge in [0.05, 0.1) is 12.2 Å². The van der Waals surface area contributed by atoms with Gasteiger partial charge in [0.1, 0.15) is 0 Å².